The number of carbonyl (C=O) groups is 1. The first-order valence-corrected chi connectivity index (χ1v) is 8.80. The van der Waals surface area contributed by atoms with E-state index in [-0.39, 0.29) is 11.6 Å². The molecule has 22 heavy (non-hydrogen) atoms. The largest absolute Gasteiger partial charge is 0.402 e. The highest BCUT2D eigenvalue weighted by atomic mass is 127. The Morgan fingerprint density at radius 1 is 1.05 bits per heavy atom. The van der Waals surface area contributed by atoms with Crippen LogP contribution in [0.5, 0.6) is 0 Å². The van der Waals surface area contributed by atoms with Gasteiger partial charge < -0.3 is 4.74 Å². The fourth-order valence-electron chi connectivity index (χ4n) is 1.90. The van der Waals surface area contributed by atoms with E-state index in [1.165, 1.54) is 0 Å². The van der Waals surface area contributed by atoms with Gasteiger partial charge in [0.25, 0.3) is 0 Å². The molecule has 0 aromatic heterocycles. The minimum absolute atomic E-state index is 0.241. The first-order valence-electron chi connectivity index (χ1n) is 6.26. The monoisotopic (exact) mass is 535 g/mol. The van der Waals surface area contributed by atoms with Crippen molar-refractivity contribution in [2.45, 2.75) is 0 Å². The van der Waals surface area contributed by atoms with E-state index in [0.717, 1.165) is 12.7 Å². The molecule has 1 aliphatic rings. The molecule has 0 spiro atoms. The number of rotatable bonds is 2. The van der Waals surface area contributed by atoms with Crippen molar-refractivity contribution in [3.63, 3.8) is 0 Å². The number of nitrogens with zero attached hydrogens (tertiary/aromatic N) is 1. The lowest BCUT2D eigenvalue weighted by molar-refractivity contribution is -0.129. The number of aliphatic imine (C=N–C) groups is 1. The van der Waals surface area contributed by atoms with Gasteiger partial charge in [0.15, 0.2) is 5.70 Å². The molecule has 0 bridgehead atoms. The van der Waals surface area contributed by atoms with Gasteiger partial charge in [-0.05, 0) is 87.2 Å². The van der Waals surface area contributed by atoms with Crippen LogP contribution in [0.25, 0.3) is 6.08 Å². The third kappa shape index (κ3) is 3.52. The predicted molar refractivity (Wildman–Crippen MR) is 104 cm³/mol. The first-order chi connectivity index (χ1) is 10.5. The standard InChI is InChI=1S/C16H8ClI2NO2/c17-13-6-5-11(19)8-12(13)15-20-14(16(21)22-15)7-9-1-3-10(18)4-2-9/h1-8H/b14-7-. The molecule has 3 nitrogen and oxygen atoms in total. The van der Waals surface area contributed by atoms with Gasteiger partial charge in [-0.1, -0.05) is 23.7 Å². The van der Waals surface area contributed by atoms with Crippen LogP contribution in [0.15, 0.2) is 53.2 Å². The van der Waals surface area contributed by atoms with E-state index in [4.69, 9.17) is 16.3 Å². The van der Waals surface area contributed by atoms with Gasteiger partial charge in [0.05, 0.1) is 10.6 Å². The van der Waals surface area contributed by atoms with E-state index >= 15 is 0 Å². The second kappa shape index (κ2) is 6.67. The summed E-state index contributed by atoms with van der Waals surface area (Å²) < 4.78 is 7.37. The van der Waals surface area contributed by atoms with Crippen molar-refractivity contribution >= 4 is 74.7 Å². The van der Waals surface area contributed by atoms with Gasteiger partial charge >= 0.3 is 5.97 Å². The Bertz CT molecular complexity index is 813. The molecule has 3 rings (SSSR count). The number of carbonyl (C=O) groups excluding carboxylic acids is 1. The topological polar surface area (TPSA) is 38.7 Å². The predicted octanol–water partition coefficient (Wildman–Crippen LogP) is 4.89. The molecule has 6 heteroatoms. The first kappa shape index (κ1) is 15.9. The number of hydrogen-bond acceptors (Lipinski definition) is 3. The zero-order valence-electron chi connectivity index (χ0n) is 11.0. The van der Waals surface area contributed by atoms with Crippen molar-refractivity contribution in [1.29, 1.82) is 0 Å². The van der Waals surface area contributed by atoms with Crippen LogP contribution < -0.4 is 0 Å². The van der Waals surface area contributed by atoms with Crippen LogP contribution in [0, 0.1) is 7.14 Å². The Hall–Kier alpha value is -0.930. The zero-order chi connectivity index (χ0) is 15.7. The van der Waals surface area contributed by atoms with E-state index in [9.17, 15) is 4.79 Å². The fraction of sp³-hybridized carbons (Fsp3) is 0. The molecule has 0 saturated heterocycles. The summed E-state index contributed by atoms with van der Waals surface area (Å²) in [6.07, 6.45) is 1.70. The highest BCUT2D eigenvalue weighted by Gasteiger charge is 2.25. The molecule has 2 aromatic rings. The van der Waals surface area contributed by atoms with E-state index in [1.54, 1.807) is 12.1 Å². The molecule has 0 aliphatic carbocycles. The van der Waals surface area contributed by atoms with Gasteiger partial charge in [0.2, 0.25) is 5.90 Å². The van der Waals surface area contributed by atoms with E-state index in [2.05, 4.69) is 50.2 Å². The van der Waals surface area contributed by atoms with Crippen molar-refractivity contribution in [3.05, 3.63) is 71.5 Å². The molecule has 0 radical (unpaired) electrons. The van der Waals surface area contributed by atoms with Crippen LogP contribution in [0.2, 0.25) is 5.02 Å². The molecule has 0 unspecified atom stereocenters. The molecule has 0 atom stereocenters. The lowest BCUT2D eigenvalue weighted by Crippen LogP contribution is -2.06. The number of ether oxygens (including phenoxy) is 1. The van der Waals surface area contributed by atoms with E-state index in [1.807, 2.05) is 36.4 Å². The maximum Gasteiger partial charge on any atom is 0.363 e. The molecule has 1 aliphatic heterocycles. The molecule has 0 saturated carbocycles. The highest BCUT2D eigenvalue weighted by Crippen LogP contribution is 2.25. The third-order valence-corrected chi connectivity index (χ3v) is 4.67. The van der Waals surface area contributed by atoms with Crippen LogP contribution in [-0.4, -0.2) is 11.9 Å². The Balaban J connectivity index is 1.97. The Morgan fingerprint density at radius 3 is 2.45 bits per heavy atom. The minimum Gasteiger partial charge on any atom is -0.402 e. The third-order valence-electron chi connectivity index (χ3n) is 2.95. The molecule has 110 valence electrons. The van der Waals surface area contributed by atoms with Crippen molar-refractivity contribution in [2.24, 2.45) is 4.99 Å². The van der Waals surface area contributed by atoms with Gasteiger partial charge in [-0.25, -0.2) is 9.79 Å². The summed E-state index contributed by atoms with van der Waals surface area (Å²) >= 11 is 10.6. The van der Waals surface area contributed by atoms with Crippen molar-refractivity contribution in [3.8, 4) is 0 Å². The van der Waals surface area contributed by atoms with E-state index < -0.39 is 5.97 Å². The van der Waals surface area contributed by atoms with Gasteiger partial charge in [-0.15, -0.1) is 0 Å². The normalized spacial score (nSPS) is 15.9. The number of hydrogen-bond donors (Lipinski definition) is 0. The van der Waals surface area contributed by atoms with Gasteiger partial charge in [-0.3, -0.25) is 0 Å². The average molecular weight is 536 g/mol. The average Bonchev–Trinajstić information content (AvgIpc) is 2.85. The lowest BCUT2D eigenvalue weighted by Gasteiger charge is -2.02. The number of cyclic esters (lactones) is 1. The number of benzene rings is 2. The maximum atomic E-state index is 12.0. The molecule has 0 amide bonds. The smallest absolute Gasteiger partial charge is 0.363 e. The van der Waals surface area contributed by atoms with Crippen LogP contribution in [0.4, 0.5) is 0 Å². The highest BCUT2D eigenvalue weighted by molar-refractivity contribution is 14.1. The Labute approximate surface area is 159 Å². The summed E-state index contributed by atoms with van der Waals surface area (Å²) in [7, 11) is 0. The van der Waals surface area contributed by atoms with Crippen molar-refractivity contribution in [2.75, 3.05) is 0 Å². The fourth-order valence-corrected chi connectivity index (χ4v) is 2.95. The number of esters is 1. The summed E-state index contributed by atoms with van der Waals surface area (Å²) in [5.74, 6) is -0.228. The van der Waals surface area contributed by atoms with Crippen LogP contribution in [-0.2, 0) is 9.53 Å². The SMILES string of the molecule is O=C1OC(c2cc(I)ccc2Cl)=N/C1=C\c1ccc(I)cc1. The minimum atomic E-state index is -0.469. The van der Waals surface area contributed by atoms with Gasteiger partial charge in [0.1, 0.15) is 0 Å². The van der Waals surface area contributed by atoms with Crippen LogP contribution in [0.3, 0.4) is 0 Å². The quantitative estimate of drug-likeness (QED) is 0.312. The summed E-state index contributed by atoms with van der Waals surface area (Å²) in [5.41, 5.74) is 1.78. The molecular formula is C16H8ClI2NO2. The van der Waals surface area contributed by atoms with Gasteiger partial charge in [0, 0.05) is 7.14 Å². The second-order valence-electron chi connectivity index (χ2n) is 4.51. The lowest BCUT2D eigenvalue weighted by atomic mass is 10.2. The zero-order valence-corrected chi connectivity index (χ0v) is 16.1. The molecule has 1 heterocycles. The second-order valence-corrected chi connectivity index (χ2v) is 7.41. The Kier molecular flexibility index (Phi) is 4.84. The summed E-state index contributed by atoms with van der Waals surface area (Å²) in [6.45, 7) is 0. The summed E-state index contributed by atoms with van der Waals surface area (Å²) in [5, 5.41) is 0.502. The summed E-state index contributed by atoms with van der Waals surface area (Å²) in [4.78, 5) is 16.2. The van der Waals surface area contributed by atoms with Crippen LogP contribution >= 0.6 is 56.8 Å². The maximum absolute atomic E-state index is 12.0. The summed E-state index contributed by atoms with van der Waals surface area (Å²) in [6, 6.07) is 13.3. The number of halogens is 3. The van der Waals surface area contributed by atoms with Gasteiger partial charge in [-0.2, -0.15) is 0 Å². The van der Waals surface area contributed by atoms with Crippen LogP contribution in [0.1, 0.15) is 11.1 Å². The molecule has 0 fully saturated rings. The molecule has 2 aromatic carbocycles. The molecule has 0 N–H and O–H groups in total. The van der Waals surface area contributed by atoms with E-state index in [0.29, 0.717) is 10.6 Å². The van der Waals surface area contributed by atoms with Crippen molar-refractivity contribution < 1.29 is 9.53 Å². The Morgan fingerprint density at radius 2 is 1.73 bits per heavy atom. The molecular weight excluding hydrogens is 527 g/mol. The van der Waals surface area contributed by atoms with Crippen molar-refractivity contribution in [1.82, 2.24) is 0 Å².